The molecule has 0 heterocycles. The van der Waals surface area contributed by atoms with Crippen LogP contribution in [0.5, 0.6) is 0 Å². The normalized spacial score (nSPS) is 12.0. The van der Waals surface area contributed by atoms with Crippen LogP contribution in [-0.2, 0) is 10.5 Å². The van der Waals surface area contributed by atoms with E-state index in [1.54, 1.807) is 25.1 Å². The first-order valence-corrected chi connectivity index (χ1v) is 7.64. The highest BCUT2D eigenvalue weighted by Crippen LogP contribution is 2.23. The van der Waals surface area contributed by atoms with Gasteiger partial charge >= 0.3 is 0 Å². The van der Waals surface area contributed by atoms with Gasteiger partial charge in [-0.3, -0.25) is 4.79 Å². The lowest BCUT2D eigenvalue weighted by Crippen LogP contribution is -2.23. The minimum absolute atomic E-state index is 0.293. The predicted molar refractivity (Wildman–Crippen MR) is 82.1 cm³/mol. The van der Waals surface area contributed by atoms with Gasteiger partial charge < -0.3 is 5.32 Å². The number of nitrogens with one attached hydrogen (secondary N) is 1. The topological polar surface area (TPSA) is 29.1 Å². The van der Waals surface area contributed by atoms with Gasteiger partial charge in [0.1, 0.15) is 23.1 Å². The van der Waals surface area contributed by atoms with E-state index < -0.39 is 28.5 Å². The van der Waals surface area contributed by atoms with Crippen LogP contribution < -0.4 is 5.32 Å². The van der Waals surface area contributed by atoms with Crippen molar-refractivity contribution in [3.8, 4) is 0 Å². The molecular weight excluding hydrogens is 311 g/mol. The monoisotopic (exact) mass is 325 g/mol. The second-order valence-electron chi connectivity index (χ2n) is 4.63. The molecule has 1 atom stereocenters. The summed E-state index contributed by atoms with van der Waals surface area (Å²) in [5.74, 6) is -2.26. The van der Waals surface area contributed by atoms with E-state index in [0.29, 0.717) is 11.3 Å². The Labute approximate surface area is 130 Å². The van der Waals surface area contributed by atoms with E-state index in [2.05, 4.69) is 5.32 Å². The van der Waals surface area contributed by atoms with E-state index in [-0.39, 0.29) is 5.82 Å². The fourth-order valence-electron chi connectivity index (χ4n) is 1.75. The maximum absolute atomic E-state index is 13.5. The van der Waals surface area contributed by atoms with Crippen molar-refractivity contribution in [2.45, 2.75) is 17.9 Å². The van der Waals surface area contributed by atoms with Gasteiger partial charge in [0.25, 0.3) is 0 Å². The van der Waals surface area contributed by atoms with Crippen molar-refractivity contribution in [1.29, 1.82) is 0 Å². The zero-order chi connectivity index (χ0) is 16.1. The molecule has 0 saturated heterocycles. The molecule has 0 radical (unpaired) electrons. The number of amides is 1. The van der Waals surface area contributed by atoms with Gasteiger partial charge in [-0.2, -0.15) is 0 Å². The summed E-state index contributed by atoms with van der Waals surface area (Å²) >= 11 is 1.19. The molecule has 2 nitrogen and oxygen atoms in total. The lowest BCUT2D eigenvalue weighted by Gasteiger charge is -2.13. The van der Waals surface area contributed by atoms with Crippen molar-refractivity contribution in [3.63, 3.8) is 0 Å². The van der Waals surface area contributed by atoms with Gasteiger partial charge in [0.05, 0.1) is 5.25 Å². The zero-order valence-electron chi connectivity index (χ0n) is 11.8. The zero-order valence-corrected chi connectivity index (χ0v) is 12.6. The molecule has 0 spiro atoms. The summed E-state index contributed by atoms with van der Waals surface area (Å²) in [4.78, 5) is 12.0. The fraction of sp³-hybridized carbons (Fsp3) is 0.188. The Hall–Kier alpha value is -1.95. The SMILES string of the molecule is CC(SCc1ccccc1F)C(=O)Nc1c(F)cccc1F. The Balaban J connectivity index is 1.97. The van der Waals surface area contributed by atoms with Crippen LogP contribution in [0.15, 0.2) is 42.5 Å². The molecule has 2 aromatic carbocycles. The molecule has 2 rings (SSSR count). The standard InChI is InChI=1S/C16H14F3NOS/c1-10(22-9-11-5-2-3-6-12(11)17)16(21)20-15-13(18)7-4-8-14(15)19/h2-8,10H,9H2,1H3,(H,20,21). The molecule has 2 aromatic rings. The molecule has 6 heteroatoms. The van der Waals surface area contributed by atoms with Crippen molar-refractivity contribution in [2.24, 2.45) is 0 Å². The van der Waals surface area contributed by atoms with Crippen molar-refractivity contribution in [1.82, 2.24) is 0 Å². The molecular formula is C16H14F3NOS. The van der Waals surface area contributed by atoms with Crippen molar-refractivity contribution in [3.05, 3.63) is 65.5 Å². The number of benzene rings is 2. The molecule has 1 amide bonds. The van der Waals surface area contributed by atoms with Crippen molar-refractivity contribution >= 4 is 23.4 Å². The average molecular weight is 325 g/mol. The smallest absolute Gasteiger partial charge is 0.237 e. The molecule has 1 N–H and O–H groups in total. The predicted octanol–water partition coefficient (Wildman–Crippen LogP) is 4.36. The van der Waals surface area contributed by atoms with Crippen LogP contribution in [-0.4, -0.2) is 11.2 Å². The van der Waals surface area contributed by atoms with Gasteiger partial charge in [0.15, 0.2) is 0 Å². The summed E-state index contributed by atoms with van der Waals surface area (Å²) in [6.45, 7) is 1.60. The van der Waals surface area contributed by atoms with Gasteiger partial charge in [0, 0.05) is 5.75 Å². The maximum atomic E-state index is 13.5. The molecule has 0 aliphatic rings. The Morgan fingerprint density at radius 3 is 2.27 bits per heavy atom. The Morgan fingerprint density at radius 2 is 1.64 bits per heavy atom. The van der Waals surface area contributed by atoms with Crippen LogP contribution >= 0.6 is 11.8 Å². The number of rotatable bonds is 5. The van der Waals surface area contributed by atoms with Crippen molar-refractivity contribution < 1.29 is 18.0 Å². The molecule has 0 aliphatic heterocycles. The van der Waals surface area contributed by atoms with E-state index in [0.717, 1.165) is 12.1 Å². The van der Waals surface area contributed by atoms with Crippen LogP contribution in [0.3, 0.4) is 0 Å². The Kier molecular flexibility index (Phi) is 5.49. The number of para-hydroxylation sites is 1. The molecule has 0 aromatic heterocycles. The third kappa shape index (κ3) is 4.04. The van der Waals surface area contributed by atoms with E-state index >= 15 is 0 Å². The molecule has 0 bridgehead atoms. The highest BCUT2D eigenvalue weighted by molar-refractivity contribution is 7.99. The van der Waals surface area contributed by atoms with E-state index in [1.807, 2.05) is 0 Å². The molecule has 22 heavy (non-hydrogen) atoms. The average Bonchev–Trinajstić information content (AvgIpc) is 2.49. The molecule has 0 aliphatic carbocycles. The third-order valence-electron chi connectivity index (χ3n) is 3.03. The van der Waals surface area contributed by atoms with Crippen molar-refractivity contribution in [2.75, 3.05) is 5.32 Å². The van der Waals surface area contributed by atoms with Crippen LogP contribution in [0.25, 0.3) is 0 Å². The van der Waals surface area contributed by atoms with Crippen LogP contribution in [0.1, 0.15) is 12.5 Å². The molecule has 0 fully saturated rings. The lowest BCUT2D eigenvalue weighted by molar-refractivity contribution is -0.115. The lowest BCUT2D eigenvalue weighted by atomic mass is 10.2. The summed E-state index contributed by atoms with van der Waals surface area (Å²) in [5.41, 5.74) is 0.00932. The van der Waals surface area contributed by atoms with E-state index in [9.17, 15) is 18.0 Å². The number of carbonyl (C=O) groups excluding carboxylic acids is 1. The minimum Gasteiger partial charge on any atom is -0.320 e. The van der Waals surface area contributed by atoms with E-state index in [4.69, 9.17) is 0 Å². The number of anilines is 1. The van der Waals surface area contributed by atoms with Gasteiger partial charge in [0.2, 0.25) is 5.91 Å². The highest BCUT2D eigenvalue weighted by atomic mass is 32.2. The summed E-state index contributed by atoms with van der Waals surface area (Å²) in [7, 11) is 0. The minimum atomic E-state index is -0.834. The van der Waals surface area contributed by atoms with Gasteiger partial charge in [-0.15, -0.1) is 11.8 Å². The molecule has 1 unspecified atom stereocenters. The molecule has 0 saturated carbocycles. The summed E-state index contributed by atoms with van der Waals surface area (Å²) < 4.78 is 40.4. The second kappa shape index (κ2) is 7.35. The highest BCUT2D eigenvalue weighted by Gasteiger charge is 2.18. The fourth-order valence-corrected chi connectivity index (χ4v) is 2.62. The van der Waals surface area contributed by atoms with Gasteiger partial charge in [-0.05, 0) is 30.7 Å². The molecule has 116 valence electrons. The van der Waals surface area contributed by atoms with Crippen LogP contribution in [0.4, 0.5) is 18.9 Å². The third-order valence-corrected chi connectivity index (χ3v) is 4.22. The first-order valence-electron chi connectivity index (χ1n) is 6.59. The summed E-state index contributed by atoms with van der Waals surface area (Å²) in [5, 5.41) is 1.64. The summed E-state index contributed by atoms with van der Waals surface area (Å²) in [6, 6.07) is 9.61. The Bertz CT molecular complexity index is 658. The Morgan fingerprint density at radius 1 is 1.05 bits per heavy atom. The number of thioether (sulfide) groups is 1. The quantitative estimate of drug-likeness (QED) is 0.885. The van der Waals surface area contributed by atoms with Gasteiger partial charge in [-0.1, -0.05) is 24.3 Å². The number of carbonyl (C=O) groups is 1. The van der Waals surface area contributed by atoms with E-state index in [1.165, 1.54) is 23.9 Å². The largest absolute Gasteiger partial charge is 0.320 e. The number of hydrogen-bond acceptors (Lipinski definition) is 2. The number of halogens is 3. The second-order valence-corrected chi connectivity index (χ2v) is 5.96. The first kappa shape index (κ1) is 16.4. The van der Waals surface area contributed by atoms with Crippen LogP contribution in [0.2, 0.25) is 0 Å². The first-order chi connectivity index (χ1) is 10.5. The maximum Gasteiger partial charge on any atom is 0.237 e. The van der Waals surface area contributed by atoms with Gasteiger partial charge in [-0.25, -0.2) is 13.2 Å². The van der Waals surface area contributed by atoms with Crippen LogP contribution in [0, 0.1) is 17.5 Å². The number of hydrogen-bond donors (Lipinski definition) is 1. The summed E-state index contributed by atoms with van der Waals surface area (Å²) in [6.07, 6.45) is 0.